The molecule has 0 aliphatic rings. The number of halogens is 1. The molecule has 5 nitrogen and oxygen atoms in total. The number of pyridine rings is 1. The van der Waals surface area contributed by atoms with Crippen molar-refractivity contribution in [2.45, 2.75) is 40.5 Å². The normalized spacial score (nSPS) is 10.9. The summed E-state index contributed by atoms with van der Waals surface area (Å²) in [6.07, 6.45) is 0. The molecular formula is C15H21BrN4O. The van der Waals surface area contributed by atoms with E-state index in [0.29, 0.717) is 13.2 Å². The predicted molar refractivity (Wildman–Crippen MR) is 86.4 cm³/mol. The van der Waals surface area contributed by atoms with Crippen LogP contribution in [0.5, 0.6) is 5.75 Å². The van der Waals surface area contributed by atoms with Gasteiger partial charge in [-0.15, -0.1) is 0 Å². The smallest absolute Gasteiger partial charge is 0.142 e. The lowest BCUT2D eigenvalue weighted by atomic mass is 10.3. The molecule has 2 heterocycles. The highest BCUT2D eigenvalue weighted by atomic mass is 79.9. The van der Waals surface area contributed by atoms with E-state index < -0.39 is 0 Å². The quantitative estimate of drug-likeness (QED) is 0.868. The average molecular weight is 353 g/mol. The first kappa shape index (κ1) is 16.0. The summed E-state index contributed by atoms with van der Waals surface area (Å²) in [5, 5.41) is 7.59. The third-order valence-corrected chi connectivity index (χ3v) is 4.26. The van der Waals surface area contributed by atoms with E-state index in [1.807, 2.05) is 37.7 Å². The van der Waals surface area contributed by atoms with E-state index in [1.165, 1.54) is 0 Å². The minimum atomic E-state index is 0.469. The Balaban J connectivity index is 2.20. The number of rotatable bonds is 6. The van der Waals surface area contributed by atoms with Crippen molar-refractivity contribution in [1.82, 2.24) is 20.1 Å². The number of nitrogens with one attached hydrogen (secondary N) is 1. The van der Waals surface area contributed by atoms with Crippen LogP contribution in [-0.2, 0) is 19.7 Å². The first-order chi connectivity index (χ1) is 10.1. The van der Waals surface area contributed by atoms with Crippen molar-refractivity contribution in [2.75, 3.05) is 7.05 Å². The van der Waals surface area contributed by atoms with Crippen molar-refractivity contribution >= 4 is 15.9 Å². The molecule has 0 aliphatic heterocycles. The summed E-state index contributed by atoms with van der Waals surface area (Å²) in [6.45, 7) is 8.01. The molecule has 0 aliphatic carbocycles. The number of aromatic nitrogens is 3. The maximum atomic E-state index is 5.97. The lowest BCUT2D eigenvalue weighted by molar-refractivity contribution is 0.286. The van der Waals surface area contributed by atoms with Gasteiger partial charge in [-0.05, 0) is 55.9 Å². The highest BCUT2D eigenvalue weighted by Gasteiger charge is 2.14. The van der Waals surface area contributed by atoms with Crippen LogP contribution in [0.25, 0.3) is 0 Å². The fourth-order valence-electron chi connectivity index (χ4n) is 2.18. The van der Waals surface area contributed by atoms with Gasteiger partial charge in [-0.2, -0.15) is 5.10 Å². The summed E-state index contributed by atoms with van der Waals surface area (Å²) >= 11 is 3.58. The van der Waals surface area contributed by atoms with Gasteiger partial charge in [-0.1, -0.05) is 0 Å². The van der Waals surface area contributed by atoms with Crippen LogP contribution >= 0.6 is 15.9 Å². The SMILES string of the molecule is CCn1nc(C)c(Br)c1COc1ccc(C)nc1CNC. The van der Waals surface area contributed by atoms with Crippen molar-refractivity contribution in [3.63, 3.8) is 0 Å². The van der Waals surface area contributed by atoms with E-state index in [9.17, 15) is 0 Å². The summed E-state index contributed by atoms with van der Waals surface area (Å²) in [5.74, 6) is 0.809. The van der Waals surface area contributed by atoms with Crippen LogP contribution in [0.4, 0.5) is 0 Å². The molecule has 0 saturated carbocycles. The lowest BCUT2D eigenvalue weighted by Crippen LogP contribution is -2.11. The molecule has 0 bridgehead atoms. The fourth-order valence-corrected chi connectivity index (χ4v) is 2.57. The second-order valence-electron chi connectivity index (χ2n) is 4.88. The largest absolute Gasteiger partial charge is 0.485 e. The van der Waals surface area contributed by atoms with Crippen LogP contribution in [0.15, 0.2) is 16.6 Å². The van der Waals surface area contributed by atoms with Crippen LogP contribution in [0.3, 0.4) is 0 Å². The zero-order chi connectivity index (χ0) is 15.4. The Bertz CT molecular complexity index is 624. The van der Waals surface area contributed by atoms with Crippen molar-refractivity contribution < 1.29 is 4.74 Å². The van der Waals surface area contributed by atoms with Gasteiger partial charge in [0.25, 0.3) is 0 Å². The fraction of sp³-hybridized carbons (Fsp3) is 0.467. The van der Waals surface area contributed by atoms with Crippen LogP contribution < -0.4 is 10.1 Å². The van der Waals surface area contributed by atoms with Gasteiger partial charge in [0, 0.05) is 18.8 Å². The second-order valence-corrected chi connectivity index (χ2v) is 5.67. The van der Waals surface area contributed by atoms with Gasteiger partial charge in [-0.3, -0.25) is 9.67 Å². The number of nitrogens with zero attached hydrogens (tertiary/aromatic N) is 3. The van der Waals surface area contributed by atoms with E-state index in [-0.39, 0.29) is 0 Å². The van der Waals surface area contributed by atoms with Crippen molar-refractivity contribution in [3.8, 4) is 5.75 Å². The zero-order valence-corrected chi connectivity index (χ0v) is 14.5. The molecule has 0 atom stereocenters. The maximum Gasteiger partial charge on any atom is 0.142 e. The van der Waals surface area contributed by atoms with Crippen molar-refractivity contribution in [1.29, 1.82) is 0 Å². The molecule has 1 N–H and O–H groups in total. The molecule has 2 rings (SSSR count). The minimum Gasteiger partial charge on any atom is -0.485 e. The van der Waals surface area contributed by atoms with E-state index in [4.69, 9.17) is 4.74 Å². The Morgan fingerprint density at radius 2 is 2.10 bits per heavy atom. The van der Waals surface area contributed by atoms with E-state index >= 15 is 0 Å². The third kappa shape index (κ3) is 3.63. The van der Waals surface area contributed by atoms with Gasteiger partial charge in [0.05, 0.1) is 21.6 Å². The molecule has 21 heavy (non-hydrogen) atoms. The van der Waals surface area contributed by atoms with Gasteiger partial charge in [0.2, 0.25) is 0 Å². The Kier molecular flexibility index (Phi) is 5.36. The van der Waals surface area contributed by atoms with E-state index in [1.54, 1.807) is 0 Å². The van der Waals surface area contributed by atoms with Gasteiger partial charge < -0.3 is 10.1 Å². The summed E-state index contributed by atoms with van der Waals surface area (Å²) < 4.78 is 8.94. The van der Waals surface area contributed by atoms with Gasteiger partial charge in [0.1, 0.15) is 12.4 Å². The highest BCUT2D eigenvalue weighted by Crippen LogP contribution is 2.24. The number of ether oxygens (including phenoxy) is 1. The molecule has 0 radical (unpaired) electrons. The van der Waals surface area contributed by atoms with Crippen LogP contribution in [0.1, 0.15) is 29.7 Å². The average Bonchev–Trinajstić information content (AvgIpc) is 2.74. The first-order valence-electron chi connectivity index (χ1n) is 7.02. The Labute approximate surface area is 133 Å². The first-order valence-corrected chi connectivity index (χ1v) is 7.81. The zero-order valence-electron chi connectivity index (χ0n) is 12.9. The van der Waals surface area contributed by atoms with Crippen LogP contribution in [0, 0.1) is 13.8 Å². The maximum absolute atomic E-state index is 5.97. The number of aryl methyl sites for hydroxylation is 3. The van der Waals surface area contributed by atoms with Crippen molar-refractivity contribution in [2.24, 2.45) is 0 Å². The van der Waals surface area contributed by atoms with Gasteiger partial charge in [0.15, 0.2) is 0 Å². The summed E-state index contributed by atoms with van der Waals surface area (Å²) in [6, 6.07) is 3.94. The Hall–Kier alpha value is -1.40. The topological polar surface area (TPSA) is 52.0 Å². The summed E-state index contributed by atoms with van der Waals surface area (Å²) in [5.41, 5.74) is 3.94. The van der Waals surface area contributed by atoms with Crippen LogP contribution in [0.2, 0.25) is 0 Å². The standard InChI is InChI=1S/C15H21BrN4O/c1-5-20-13(15(16)11(3)19-20)9-21-14-7-6-10(2)18-12(14)8-17-4/h6-7,17H,5,8-9H2,1-4H3. The number of hydrogen-bond acceptors (Lipinski definition) is 4. The van der Waals surface area contributed by atoms with Gasteiger partial charge in [-0.25, -0.2) is 0 Å². The molecule has 0 fully saturated rings. The van der Waals surface area contributed by atoms with E-state index in [0.717, 1.165) is 39.5 Å². The minimum absolute atomic E-state index is 0.469. The highest BCUT2D eigenvalue weighted by molar-refractivity contribution is 9.10. The lowest BCUT2D eigenvalue weighted by Gasteiger charge is -2.12. The Morgan fingerprint density at radius 3 is 2.76 bits per heavy atom. The second kappa shape index (κ2) is 7.04. The molecule has 114 valence electrons. The summed E-state index contributed by atoms with van der Waals surface area (Å²) in [4.78, 5) is 4.52. The monoisotopic (exact) mass is 352 g/mol. The third-order valence-electron chi connectivity index (χ3n) is 3.23. The molecule has 6 heteroatoms. The number of hydrogen-bond donors (Lipinski definition) is 1. The molecular weight excluding hydrogens is 332 g/mol. The predicted octanol–water partition coefficient (Wildman–Crippen LogP) is 2.98. The van der Waals surface area contributed by atoms with Crippen molar-refractivity contribution in [3.05, 3.63) is 39.4 Å². The summed E-state index contributed by atoms with van der Waals surface area (Å²) in [7, 11) is 1.90. The van der Waals surface area contributed by atoms with Gasteiger partial charge >= 0.3 is 0 Å². The van der Waals surface area contributed by atoms with Crippen LogP contribution in [-0.4, -0.2) is 21.8 Å². The molecule has 0 amide bonds. The molecule has 2 aromatic rings. The van der Waals surface area contributed by atoms with E-state index in [2.05, 4.69) is 38.3 Å². The molecule has 0 aromatic carbocycles. The molecule has 0 unspecified atom stereocenters. The molecule has 0 spiro atoms. The Morgan fingerprint density at radius 1 is 1.33 bits per heavy atom. The molecule has 0 saturated heterocycles. The molecule has 2 aromatic heterocycles.